The molecule has 0 bridgehead atoms. The van der Waals surface area contributed by atoms with Crippen LogP contribution in [0.4, 0.5) is 0 Å². The van der Waals surface area contributed by atoms with Gasteiger partial charge in [-0.3, -0.25) is 8.75 Å². The number of rotatable bonds is 16. The molecule has 1 fully saturated rings. The number of benzene rings is 2. The zero-order valence-corrected chi connectivity index (χ0v) is 25.0. The van der Waals surface area contributed by atoms with E-state index in [1.165, 1.54) is 24.0 Å². The van der Waals surface area contributed by atoms with Crippen molar-refractivity contribution in [2.75, 3.05) is 13.2 Å². The maximum absolute atomic E-state index is 13.6. The maximum Gasteiger partial charge on any atom is 0.351 e. The lowest BCUT2D eigenvalue weighted by molar-refractivity contribution is 0.158. The minimum atomic E-state index is -4.14. The van der Waals surface area contributed by atoms with Crippen LogP contribution in [0.5, 0.6) is 0 Å². The third-order valence-electron chi connectivity index (χ3n) is 7.10. The van der Waals surface area contributed by atoms with Gasteiger partial charge < -0.3 is 9.05 Å². The Morgan fingerprint density at radius 2 is 1.29 bits per heavy atom. The minimum absolute atomic E-state index is 0.105. The Morgan fingerprint density at radius 1 is 0.789 bits per heavy atom. The van der Waals surface area contributed by atoms with Gasteiger partial charge in [0.1, 0.15) is 0 Å². The highest BCUT2D eigenvalue weighted by Gasteiger charge is 2.46. The van der Waals surface area contributed by atoms with E-state index in [0.29, 0.717) is 25.7 Å². The normalized spacial score (nSPS) is 16.0. The quantitative estimate of drug-likeness (QED) is 0.151. The van der Waals surface area contributed by atoms with Crippen LogP contribution in [0, 0.1) is 0 Å². The number of aryl methyl sites for hydroxylation is 2. The molecule has 2 aromatic rings. The van der Waals surface area contributed by atoms with Crippen molar-refractivity contribution in [2.24, 2.45) is 0 Å². The molecular formula is C30H45O6PS. The van der Waals surface area contributed by atoms with Crippen molar-refractivity contribution in [3.05, 3.63) is 59.7 Å². The summed E-state index contributed by atoms with van der Waals surface area (Å²) in [5.41, 5.74) is 4.78. The van der Waals surface area contributed by atoms with Gasteiger partial charge in [0.05, 0.1) is 19.3 Å². The molecule has 2 aromatic carbocycles. The summed E-state index contributed by atoms with van der Waals surface area (Å²) < 4.78 is 56.9. The van der Waals surface area contributed by atoms with Crippen LogP contribution in [0.3, 0.4) is 0 Å². The van der Waals surface area contributed by atoms with Crippen molar-refractivity contribution in [1.82, 2.24) is 0 Å². The SMILES string of the molecule is CCCCc1ccc(-c2ccc(CCCC(P(=O)(OCC)OCC)S(=O)(=O)OC3CCCCC3)cc2)cc1. The second-order valence-corrected chi connectivity index (χ2v) is 14.4. The zero-order chi connectivity index (χ0) is 27.4. The van der Waals surface area contributed by atoms with Crippen LogP contribution in [0.1, 0.15) is 89.7 Å². The molecule has 1 unspecified atom stereocenters. The molecule has 1 aliphatic rings. The Kier molecular flexibility index (Phi) is 12.5. The summed E-state index contributed by atoms with van der Waals surface area (Å²) in [5.74, 6) is 0. The second kappa shape index (κ2) is 15.3. The Hall–Kier alpha value is -1.50. The van der Waals surface area contributed by atoms with Crippen LogP contribution >= 0.6 is 7.60 Å². The van der Waals surface area contributed by atoms with Gasteiger partial charge in [0.2, 0.25) is 0 Å². The van der Waals surface area contributed by atoms with Gasteiger partial charge in [-0.25, -0.2) is 0 Å². The van der Waals surface area contributed by atoms with Crippen LogP contribution in [-0.2, 0) is 40.8 Å². The first kappa shape index (κ1) is 31.0. The molecule has 212 valence electrons. The summed E-state index contributed by atoms with van der Waals surface area (Å²) >= 11 is 0. The molecule has 0 heterocycles. The smallest absolute Gasteiger partial charge is 0.308 e. The third kappa shape index (κ3) is 9.02. The fraction of sp³-hybridized carbons (Fsp3) is 0.600. The van der Waals surface area contributed by atoms with Crippen LogP contribution in [0.2, 0.25) is 0 Å². The monoisotopic (exact) mass is 564 g/mol. The van der Waals surface area contributed by atoms with Gasteiger partial charge in [-0.1, -0.05) is 81.1 Å². The summed E-state index contributed by atoms with van der Waals surface area (Å²) in [7, 11) is -8.06. The van der Waals surface area contributed by atoms with Crippen LogP contribution in [0.25, 0.3) is 11.1 Å². The molecule has 0 radical (unpaired) electrons. The summed E-state index contributed by atoms with van der Waals surface area (Å²) in [4.78, 5) is -1.33. The topological polar surface area (TPSA) is 78.9 Å². The van der Waals surface area contributed by atoms with Crippen molar-refractivity contribution >= 4 is 17.7 Å². The Bertz CT molecular complexity index is 1100. The van der Waals surface area contributed by atoms with Gasteiger partial charge in [0.15, 0.2) is 4.99 Å². The van der Waals surface area contributed by atoms with E-state index in [0.717, 1.165) is 36.8 Å². The molecule has 0 aliphatic heterocycles. The van der Waals surface area contributed by atoms with Gasteiger partial charge in [-0.2, -0.15) is 8.42 Å². The molecule has 0 aromatic heterocycles. The molecule has 0 saturated heterocycles. The highest BCUT2D eigenvalue weighted by atomic mass is 32.2. The number of hydrogen-bond acceptors (Lipinski definition) is 6. The first-order chi connectivity index (χ1) is 18.3. The Balaban J connectivity index is 1.67. The van der Waals surface area contributed by atoms with E-state index in [9.17, 15) is 13.0 Å². The highest BCUT2D eigenvalue weighted by Crippen LogP contribution is 2.57. The first-order valence-corrected chi connectivity index (χ1v) is 17.4. The molecular weight excluding hydrogens is 519 g/mol. The maximum atomic E-state index is 13.6. The zero-order valence-electron chi connectivity index (χ0n) is 23.3. The van der Waals surface area contributed by atoms with Crippen LogP contribution in [-0.4, -0.2) is 32.7 Å². The average Bonchev–Trinajstić information content (AvgIpc) is 2.91. The van der Waals surface area contributed by atoms with Gasteiger partial charge in [-0.05, 0) is 81.0 Å². The predicted molar refractivity (Wildman–Crippen MR) is 155 cm³/mol. The Morgan fingerprint density at radius 3 is 1.76 bits per heavy atom. The number of hydrogen-bond donors (Lipinski definition) is 0. The third-order valence-corrected chi connectivity index (χ3v) is 12.3. The van der Waals surface area contributed by atoms with Crippen molar-refractivity contribution in [1.29, 1.82) is 0 Å². The van der Waals surface area contributed by atoms with Gasteiger partial charge >= 0.3 is 7.60 Å². The molecule has 3 rings (SSSR count). The van der Waals surface area contributed by atoms with E-state index < -0.39 is 22.7 Å². The molecule has 8 heteroatoms. The molecule has 1 aliphatic carbocycles. The number of unbranched alkanes of at least 4 members (excludes halogenated alkanes) is 1. The predicted octanol–water partition coefficient (Wildman–Crippen LogP) is 8.29. The fourth-order valence-corrected chi connectivity index (χ4v) is 9.59. The Labute approximate surface area is 230 Å². The average molecular weight is 565 g/mol. The summed E-state index contributed by atoms with van der Waals surface area (Å²) in [6.45, 7) is 5.80. The van der Waals surface area contributed by atoms with Crippen molar-refractivity contribution in [3.63, 3.8) is 0 Å². The lowest BCUT2D eigenvalue weighted by Gasteiger charge is -2.28. The minimum Gasteiger partial charge on any atom is -0.308 e. The van der Waals surface area contributed by atoms with Crippen molar-refractivity contribution in [2.45, 2.75) is 102 Å². The van der Waals surface area contributed by atoms with Gasteiger partial charge in [-0.15, -0.1) is 0 Å². The summed E-state index contributed by atoms with van der Waals surface area (Å²) in [6, 6.07) is 17.1. The molecule has 0 spiro atoms. The van der Waals surface area contributed by atoms with Crippen molar-refractivity contribution in [3.8, 4) is 11.1 Å². The van der Waals surface area contributed by atoms with E-state index >= 15 is 0 Å². The highest BCUT2D eigenvalue weighted by molar-refractivity contribution is 7.94. The molecule has 6 nitrogen and oxygen atoms in total. The molecule has 0 N–H and O–H groups in total. The van der Waals surface area contributed by atoms with Gasteiger partial charge in [0.25, 0.3) is 10.1 Å². The summed E-state index contributed by atoms with van der Waals surface area (Å²) in [6.07, 6.45) is 8.84. The van der Waals surface area contributed by atoms with E-state index in [4.69, 9.17) is 13.2 Å². The standard InChI is InChI=1S/C30H45O6PS/c1-4-7-12-25-17-21-27(22-18-25)28-23-19-26(20-24-28)13-11-16-30(37(31,34-5-2)35-6-3)38(32,33)36-29-14-9-8-10-15-29/h17-24,29-30H,4-16H2,1-3H3. The van der Waals surface area contributed by atoms with E-state index in [1.54, 1.807) is 13.8 Å². The second-order valence-electron chi connectivity index (χ2n) is 10.1. The largest absolute Gasteiger partial charge is 0.351 e. The van der Waals surface area contributed by atoms with Gasteiger partial charge in [0, 0.05) is 0 Å². The fourth-order valence-electron chi connectivity index (χ4n) is 5.03. The molecule has 38 heavy (non-hydrogen) atoms. The molecule has 1 saturated carbocycles. The van der Waals surface area contributed by atoms with Crippen molar-refractivity contribution < 1.29 is 26.2 Å². The van der Waals surface area contributed by atoms with Crippen LogP contribution < -0.4 is 0 Å². The summed E-state index contributed by atoms with van der Waals surface area (Å²) in [5, 5.41) is 0. The molecule has 1 atom stereocenters. The van der Waals surface area contributed by atoms with E-state index in [1.807, 2.05) is 0 Å². The lowest BCUT2D eigenvalue weighted by Crippen LogP contribution is -2.31. The van der Waals surface area contributed by atoms with E-state index in [-0.39, 0.29) is 25.7 Å². The lowest BCUT2D eigenvalue weighted by atomic mass is 9.98. The van der Waals surface area contributed by atoms with E-state index in [2.05, 4.69) is 55.5 Å². The van der Waals surface area contributed by atoms with Crippen LogP contribution in [0.15, 0.2) is 48.5 Å². The molecule has 0 amide bonds. The first-order valence-electron chi connectivity index (χ1n) is 14.3.